The molecule has 0 radical (unpaired) electrons. The van der Waals surface area contributed by atoms with Gasteiger partial charge in [-0.05, 0) is 54.8 Å². The third-order valence-electron chi connectivity index (χ3n) is 5.78. The monoisotopic (exact) mass is 328 g/mol. The van der Waals surface area contributed by atoms with Crippen molar-refractivity contribution in [3.63, 3.8) is 0 Å². The van der Waals surface area contributed by atoms with Crippen LogP contribution in [0.1, 0.15) is 33.1 Å². The fourth-order valence-electron chi connectivity index (χ4n) is 4.62. The van der Waals surface area contributed by atoms with E-state index in [-0.39, 0.29) is 5.91 Å². The minimum atomic E-state index is -0.814. The number of hydrogen-bond acceptors (Lipinski definition) is 2. The molecule has 3 N–H and O–H groups in total. The molecule has 0 unspecified atom stereocenters. The number of urea groups is 1. The quantitative estimate of drug-likeness (QED) is 0.780. The lowest BCUT2D eigenvalue weighted by atomic mass is 10.0. The number of carbonyl (C=O) groups excluding carboxylic acids is 2. The molecular formula is C14H21BrN2O2. The van der Waals surface area contributed by atoms with E-state index in [4.69, 9.17) is 5.73 Å². The van der Waals surface area contributed by atoms with Crippen LogP contribution >= 0.6 is 15.9 Å². The van der Waals surface area contributed by atoms with Crippen LogP contribution in [0, 0.1) is 35.5 Å². The summed E-state index contributed by atoms with van der Waals surface area (Å²) in [4.78, 5) is 21.6. The van der Waals surface area contributed by atoms with Crippen molar-refractivity contribution in [1.82, 2.24) is 5.32 Å². The van der Waals surface area contributed by atoms with Crippen LogP contribution in [0.4, 0.5) is 4.79 Å². The van der Waals surface area contributed by atoms with Gasteiger partial charge in [0.15, 0.2) is 0 Å². The van der Waals surface area contributed by atoms with E-state index >= 15 is 0 Å². The Morgan fingerprint density at radius 1 is 1.16 bits per heavy atom. The standard InChI is InChI=1S/C7H13BrN2O2.C7H8/c1-3-7(8,4-2)5(11)10-6(9)12;1-2-4-5(2)7-3(1)6(4)7/h3-4H2,1-2H3,(H3,9,10,11,12);2-7H,1H2. The Labute approximate surface area is 122 Å². The molecule has 5 fully saturated rings. The number of primary amides is 1. The van der Waals surface area contributed by atoms with Crippen molar-refractivity contribution in [2.45, 2.75) is 37.4 Å². The third-order valence-corrected chi connectivity index (χ3v) is 7.26. The Morgan fingerprint density at radius 3 is 1.79 bits per heavy atom. The second-order valence-electron chi connectivity index (χ2n) is 6.36. The molecule has 3 amide bonds. The maximum atomic E-state index is 11.3. The zero-order chi connectivity index (χ0) is 13.9. The molecule has 4 nitrogen and oxygen atoms in total. The van der Waals surface area contributed by atoms with E-state index in [9.17, 15) is 9.59 Å². The van der Waals surface area contributed by atoms with Gasteiger partial charge in [-0.15, -0.1) is 0 Å². The van der Waals surface area contributed by atoms with Gasteiger partial charge in [0, 0.05) is 0 Å². The lowest BCUT2D eigenvalue weighted by molar-refractivity contribution is -0.122. The number of carbonyl (C=O) groups is 2. The number of nitrogens with two attached hydrogens (primary N) is 1. The molecule has 0 aromatic heterocycles. The van der Waals surface area contributed by atoms with Crippen LogP contribution in [0.15, 0.2) is 0 Å². The SMILES string of the molecule is C1C2C3C2C2C1C32.CCC(Br)(CC)C(=O)NC(N)=O. The highest BCUT2D eigenvalue weighted by molar-refractivity contribution is 9.10. The van der Waals surface area contributed by atoms with E-state index in [1.165, 1.54) is 35.5 Å². The molecule has 0 spiro atoms. The molecule has 5 aliphatic rings. The van der Waals surface area contributed by atoms with Crippen molar-refractivity contribution in [3.05, 3.63) is 0 Å². The smallest absolute Gasteiger partial charge is 0.318 e. The van der Waals surface area contributed by atoms with Gasteiger partial charge in [-0.25, -0.2) is 4.79 Å². The molecule has 19 heavy (non-hydrogen) atoms. The van der Waals surface area contributed by atoms with E-state index in [0.717, 1.165) is 0 Å². The van der Waals surface area contributed by atoms with Crippen molar-refractivity contribution in [2.75, 3.05) is 0 Å². The molecule has 0 saturated heterocycles. The van der Waals surface area contributed by atoms with E-state index < -0.39 is 10.4 Å². The molecule has 5 rings (SSSR count). The summed E-state index contributed by atoms with van der Waals surface area (Å²) in [7, 11) is 0. The number of hydrogen-bond donors (Lipinski definition) is 2. The summed E-state index contributed by atoms with van der Waals surface area (Å²) >= 11 is 3.26. The summed E-state index contributed by atoms with van der Waals surface area (Å²) in [5, 5.41) is 2.04. The van der Waals surface area contributed by atoms with Gasteiger partial charge in [0.2, 0.25) is 5.91 Å². The van der Waals surface area contributed by atoms with E-state index in [1.807, 2.05) is 19.2 Å². The zero-order valence-corrected chi connectivity index (χ0v) is 12.9. The highest BCUT2D eigenvalue weighted by atomic mass is 79.9. The van der Waals surface area contributed by atoms with Crippen LogP contribution in [0.2, 0.25) is 0 Å². The third kappa shape index (κ3) is 1.84. The highest BCUT2D eigenvalue weighted by Crippen LogP contribution is 2.92. The van der Waals surface area contributed by atoms with Crippen LogP contribution in [0.3, 0.4) is 0 Å². The van der Waals surface area contributed by atoms with Gasteiger partial charge < -0.3 is 5.73 Å². The molecule has 2 bridgehead atoms. The zero-order valence-electron chi connectivity index (χ0n) is 11.4. The van der Waals surface area contributed by atoms with Gasteiger partial charge >= 0.3 is 6.03 Å². The van der Waals surface area contributed by atoms with Crippen molar-refractivity contribution in [1.29, 1.82) is 0 Å². The Morgan fingerprint density at radius 2 is 1.58 bits per heavy atom. The second-order valence-corrected chi connectivity index (χ2v) is 7.88. The van der Waals surface area contributed by atoms with Crippen molar-refractivity contribution in [2.24, 2.45) is 41.2 Å². The maximum absolute atomic E-state index is 11.3. The van der Waals surface area contributed by atoms with Crippen LogP contribution < -0.4 is 11.1 Å². The van der Waals surface area contributed by atoms with Gasteiger partial charge in [-0.3, -0.25) is 10.1 Å². The molecule has 106 valence electrons. The molecule has 0 aromatic carbocycles. The summed E-state index contributed by atoms with van der Waals surface area (Å²) in [5.74, 6) is 7.47. The first kappa shape index (κ1) is 13.4. The molecule has 0 aromatic rings. The predicted molar refractivity (Wildman–Crippen MR) is 75.5 cm³/mol. The van der Waals surface area contributed by atoms with E-state index in [1.54, 1.807) is 6.42 Å². The average Bonchev–Trinajstić information content (AvgIpc) is 3.02. The summed E-state index contributed by atoms with van der Waals surface area (Å²) in [6.07, 6.45) is 2.88. The molecular weight excluding hydrogens is 308 g/mol. The molecule has 5 aliphatic carbocycles. The van der Waals surface area contributed by atoms with Crippen molar-refractivity contribution in [3.8, 4) is 0 Å². The number of amides is 3. The van der Waals surface area contributed by atoms with Crippen LogP contribution in [0.5, 0.6) is 0 Å². The van der Waals surface area contributed by atoms with Crippen LogP contribution in [-0.2, 0) is 4.79 Å². The largest absolute Gasteiger partial charge is 0.351 e. The molecule has 0 aliphatic heterocycles. The number of rotatable bonds is 3. The van der Waals surface area contributed by atoms with E-state index in [0.29, 0.717) is 12.8 Å². The van der Waals surface area contributed by atoms with Gasteiger partial charge in [0.05, 0.1) is 0 Å². The predicted octanol–water partition coefficient (Wildman–Crippen LogP) is 2.26. The Kier molecular flexibility index (Phi) is 2.97. The summed E-state index contributed by atoms with van der Waals surface area (Å²) < 4.78 is -0.665. The minimum Gasteiger partial charge on any atom is -0.351 e. The second kappa shape index (κ2) is 4.21. The summed E-state index contributed by atoms with van der Waals surface area (Å²) in [6, 6.07) is -0.814. The highest BCUT2D eigenvalue weighted by Gasteiger charge is 2.87. The maximum Gasteiger partial charge on any atom is 0.318 e. The topological polar surface area (TPSA) is 72.2 Å². The minimum absolute atomic E-state index is 0.375. The number of halogens is 1. The van der Waals surface area contributed by atoms with E-state index in [2.05, 4.69) is 15.9 Å². The number of imide groups is 1. The van der Waals surface area contributed by atoms with Gasteiger partial charge in [0.25, 0.3) is 0 Å². The van der Waals surface area contributed by atoms with Crippen molar-refractivity contribution < 1.29 is 9.59 Å². The average molecular weight is 329 g/mol. The summed E-state index contributed by atoms with van der Waals surface area (Å²) in [6.45, 7) is 3.72. The van der Waals surface area contributed by atoms with Crippen molar-refractivity contribution >= 4 is 27.9 Å². The lowest BCUT2D eigenvalue weighted by Crippen LogP contribution is -2.46. The summed E-state index contributed by atoms with van der Waals surface area (Å²) in [5.41, 5.74) is 4.81. The lowest BCUT2D eigenvalue weighted by Gasteiger charge is -2.21. The first-order valence-electron chi connectivity index (χ1n) is 7.24. The fraction of sp³-hybridized carbons (Fsp3) is 0.857. The van der Waals surface area contributed by atoms with Crippen LogP contribution in [0.25, 0.3) is 0 Å². The Hall–Kier alpha value is -0.580. The Balaban J connectivity index is 0.000000126. The Bertz CT molecular complexity index is 374. The molecule has 5 heteroatoms. The van der Waals surface area contributed by atoms with Gasteiger partial charge in [0.1, 0.15) is 4.32 Å². The number of nitrogens with one attached hydrogen (secondary N) is 1. The van der Waals surface area contributed by atoms with Gasteiger partial charge in [-0.2, -0.15) is 0 Å². The first-order chi connectivity index (χ1) is 8.94. The molecule has 5 saturated carbocycles. The van der Waals surface area contributed by atoms with Crippen LogP contribution in [-0.4, -0.2) is 16.3 Å². The first-order valence-corrected chi connectivity index (χ1v) is 8.03. The molecule has 0 atom stereocenters. The molecule has 0 heterocycles. The van der Waals surface area contributed by atoms with Gasteiger partial charge in [-0.1, -0.05) is 29.8 Å². The normalized spacial score (nSPS) is 42.3. The fourth-order valence-corrected chi connectivity index (χ4v) is 4.72. The number of alkyl halides is 1.